The number of pyridine rings is 1. The van der Waals surface area contributed by atoms with Crippen LogP contribution in [-0.4, -0.2) is 15.1 Å². The molecule has 0 aromatic carbocycles. The van der Waals surface area contributed by atoms with Gasteiger partial charge in [-0.05, 0) is 17.5 Å². The van der Waals surface area contributed by atoms with Crippen LogP contribution in [-0.2, 0) is 0 Å². The van der Waals surface area contributed by atoms with Gasteiger partial charge >= 0.3 is 0 Å². The molecule has 0 bridgehead atoms. The molecule has 2 unspecified atom stereocenters. The minimum absolute atomic E-state index is 0.0387. The second-order valence-electron chi connectivity index (χ2n) is 5.10. The third-order valence-corrected chi connectivity index (χ3v) is 3.61. The van der Waals surface area contributed by atoms with E-state index in [-0.39, 0.29) is 17.3 Å². The summed E-state index contributed by atoms with van der Waals surface area (Å²) < 4.78 is 5.28. The van der Waals surface area contributed by atoms with Crippen molar-refractivity contribution in [2.45, 2.75) is 19.8 Å². The van der Waals surface area contributed by atoms with E-state index < -0.39 is 0 Å². The van der Waals surface area contributed by atoms with Crippen molar-refractivity contribution in [1.29, 1.82) is 5.26 Å². The summed E-state index contributed by atoms with van der Waals surface area (Å²) in [6, 6.07) is 5.94. The molecule has 1 aliphatic rings. The average molecular weight is 240 g/mol. The molecule has 2 atom stereocenters. The maximum atomic E-state index is 9.05. The smallest absolute Gasteiger partial charge is 0.232 e. The summed E-state index contributed by atoms with van der Waals surface area (Å²) in [5, 5.41) is 13.0. The summed E-state index contributed by atoms with van der Waals surface area (Å²) in [4.78, 5) is 8.32. The molecule has 0 radical (unpaired) electrons. The predicted octanol–water partition coefficient (Wildman–Crippen LogP) is 2.39. The molecular formula is C13H12N4O. The second kappa shape index (κ2) is 3.64. The van der Waals surface area contributed by atoms with Crippen LogP contribution in [0.2, 0.25) is 0 Å². The number of aromatic nitrogens is 3. The van der Waals surface area contributed by atoms with Crippen molar-refractivity contribution < 1.29 is 4.52 Å². The number of nitrogens with zero attached hydrogens (tertiary/aromatic N) is 4. The first-order valence-electron chi connectivity index (χ1n) is 5.78. The normalized spacial score (nSPS) is 24.5. The molecule has 3 rings (SSSR count). The fraction of sp³-hybridized carbons (Fsp3) is 0.385. The number of nitriles is 1. The van der Waals surface area contributed by atoms with Crippen molar-refractivity contribution >= 4 is 0 Å². The monoisotopic (exact) mass is 240 g/mol. The standard InChI is InChI=1S/C13H12N4O/c1-13(2)9(7-14)10(13)12-16-11(17-18-12)8-3-5-15-6-4-8/h3-6,9-10H,1-2H3. The number of hydrogen-bond acceptors (Lipinski definition) is 5. The van der Waals surface area contributed by atoms with Crippen molar-refractivity contribution in [2.24, 2.45) is 11.3 Å². The predicted molar refractivity (Wildman–Crippen MR) is 63.2 cm³/mol. The highest BCUT2D eigenvalue weighted by Gasteiger charge is 2.62. The van der Waals surface area contributed by atoms with E-state index in [1.165, 1.54) is 0 Å². The molecule has 2 aromatic heterocycles. The lowest BCUT2D eigenvalue weighted by Crippen LogP contribution is -1.90. The van der Waals surface area contributed by atoms with Gasteiger partial charge < -0.3 is 4.52 Å². The van der Waals surface area contributed by atoms with Gasteiger partial charge in [0.25, 0.3) is 0 Å². The molecule has 0 saturated heterocycles. The van der Waals surface area contributed by atoms with Crippen LogP contribution in [0, 0.1) is 22.7 Å². The zero-order chi connectivity index (χ0) is 12.8. The van der Waals surface area contributed by atoms with E-state index >= 15 is 0 Å². The Kier molecular flexibility index (Phi) is 2.20. The summed E-state index contributed by atoms with van der Waals surface area (Å²) >= 11 is 0. The Morgan fingerprint density at radius 2 is 2.06 bits per heavy atom. The van der Waals surface area contributed by atoms with Crippen LogP contribution in [0.3, 0.4) is 0 Å². The average Bonchev–Trinajstić information content (AvgIpc) is 2.77. The number of hydrogen-bond donors (Lipinski definition) is 0. The van der Waals surface area contributed by atoms with Crippen molar-refractivity contribution in [3.8, 4) is 17.5 Å². The molecule has 18 heavy (non-hydrogen) atoms. The molecule has 1 aliphatic carbocycles. The van der Waals surface area contributed by atoms with Crippen molar-refractivity contribution in [3.63, 3.8) is 0 Å². The minimum atomic E-state index is -0.0726. The first-order valence-corrected chi connectivity index (χ1v) is 5.78. The summed E-state index contributed by atoms with van der Waals surface area (Å²) in [5.41, 5.74) is 0.795. The third kappa shape index (κ3) is 1.50. The quantitative estimate of drug-likeness (QED) is 0.805. The van der Waals surface area contributed by atoms with Gasteiger partial charge in [0, 0.05) is 18.0 Å². The van der Waals surface area contributed by atoms with Gasteiger partial charge in [0.1, 0.15) is 0 Å². The Morgan fingerprint density at radius 1 is 1.33 bits per heavy atom. The molecule has 0 spiro atoms. The Balaban J connectivity index is 1.91. The number of rotatable bonds is 2. The summed E-state index contributed by atoms with van der Waals surface area (Å²) in [7, 11) is 0. The highest BCUT2D eigenvalue weighted by atomic mass is 16.5. The van der Waals surface area contributed by atoms with E-state index in [1.807, 2.05) is 26.0 Å². The molecule has 2 aromatic rings. The molecule has 1 fully saturated rings. The van der Waals surface area contributed by atoms with Crippen molar-refractivity contribution in [1.82, 2.24) is 15.1 Å². The van der Waals surface area contributed by atoms with Gasteiger partial charge in [0.05, 0.1) is 17.9 Å². The largest absolute Gasteiger partial charge is 0.339 e. The van der Waals surface area contributed by atoms with Gasteiger partial charge in [-0.25, -0.2) is 0 Å². The van der Waals surface area contributed by atoms with Crippen LogP contribution >= 0.6 is 0 Å². The lowest BCUT2D eigenvalue weighted by atomic mass is 10.1. The summed E-state index contributed by atoms with van der Waals surface area (Å²) in [6.07, 6.45) is 3.37. The van der Waals surface area contributed by atoms with E-state index in [9.17, 15) is 0 Å². The molecule has 5 nitrogen and oxygen atoms in total. The Morgan fingerprint density at radius 3 is 2.67 bits per heavy atom. The Bertz CT molecular complexity index is 611. The highest BCUT2D eigenvalue weighted by molar-refractivity contribution is 5.53. The van der Waals surface area contributed by atoms with Gasteiger partial charge in [-0.2, -0.15) is 10.2 Å². The van der Waals surface area contributed by atoms with Crippen LogP contribution in [0.4, 0.5) is 0 Å². The molecule has 2 heterocycles. The van der Waals surface area contributed by atoms with E-state index in [0.717, 1.165) is 5.56 Å². The van der Waals surface area contributed by atoms with Crippen LogP contribution in [0.1, 0.15) is 25.7 Å². The zero-order valence-corrected chi connectivity index (χ0v) is 10.2. The van der Waals surface area contributed by atoms with Crippen molar-refractivity contribution in [2.75, 3.05) is 0 Å². The molecule has 0 N–H and O–H groups in total. The van der Waals surface area contributed by atoms with E-state index in [4.69, 9.17) is 9.78 Å². The van der Waals surface area contributed by atoms with E-state index in [1.54, 1.807) is 12.4 Å². The van der Waals surface area contributed by atoms with Gasteiger partial charge in [-0.1, -0.05) is 19.0 Å². The topological polar surface area (TPSA) is 75.6 Å². The molecule has 0 aliphatic heterocycles. The first kappa shape index (κ1) is 10.9. The fourth-order valence-electron chi connectivity index (χ4n) is 2.32. The highest BCUT2D eigenvalue weighted by Crippen LogP contribution is 2.63. The zero-order valence-electron chi connectivity index (χ0n) is 10.2. The van der Waals surface area contributed by atoms with E-state index in [2.05, 4.69) is 21.2 Å². The SMILES string of the molecule is CC1(C)C(C#N)C1c1nc(-c2ccncc2)no1. The van der Waals surface area contributed by atoms with Crippen LogP contribution in [0.25, 0.3) is 11.4 Å². The fourth-order valence-corrected chi connectivity index (χ4v) is 2.32. The second-order valence-corrected chi connectivity index (χ2v) is 5.10. The lowest BCUT2D eigenvalue weighted by Gasteiger charge is -1.95. The first-order chi connectivity index (χ1) is 8.64. The molecule has 5 heteroatoms. The van der Waals surface area contributed by atoms with Crippen LogP contribution in [0.15, 0.2) is 29.0 Å². The minimum Gasteiger partial charge on any atom is -0.339 e. The molecular weight excluding hydrogens is 228 g/mol. The third-order valence-electron chi connectivity index (χ3n) is 3.61. The Labute approximate surface area is 104 Å². The summed E-state index contributed by atoms with van der Waals surface area (Å²) in [5.74, 6) is 1.11. The van der Waals surface area contributed by atoms with Gasteiger partial charge in [-0.3, -0.25) is 4.98 Å². The van der Waals surface area contributed by atoms with Crippen molar-refractivity contribution in [3.05, 3.63) is 30.4 Å². The summed E-state index contributed by atoms with van der Waals surface area (Å²) in [6.45, 7) is 4.09. The van der Waals surface area contributed by atoms with Gasteiger partial charge in [-0.15, -0.1) is 0 Å². The molecule has 1 saturated carbocycles. The van der Waals surface area contributed by atoms with Crippen LogP contribution in [0.5, 0.6) is 0 Å². The van der Waals surface area contributed by atoms with Crippen LogP contribution < -0.4 is 0 Å². The molecule has 90 valence electrons. The van der Waals surface area contributed by atoms with Gasteiger partial charge in [0.15, 0.2) is 0 Å². The van der Waals surface area contributed by atoms with Gasteiger partial charge in [0.2, 0.25) is 11.7 Å². The lowest BCUT2D eigenvalue weighted by molar-refractivity contribution is 0.368. The molecule has 0 amide bonds. The Hall–Kier alpha value is -2.22. The maximum absolute atomic E-state index is 9.05. The maximum Gasteiger partial charge on any atom is 0.232 e. The van der Waals surface area contributed by atoms with E-state index in [0.29, 0.717) is 11.7 Å².